The predicted molar refractivity (Wildman–Crippen MR) is 103 cm³/mol. The number of aromatic nitrogens is 3. The van der Waals surface area contributed by atoms with Gasteiger partial charge < -0.3 is 4.90 Å². The Labute approximate surface area is 157 Å². The van der Waals surface area contributed by atoms with Gasteiger partial charge in [-0.2, -0.15) is 0 Å². The second-order valence-electron chi connectivity index (χ2n) is 6.75. The maximum absolute atomic E-state index is 13.1. The summed E-state index contributed by atoms with van der Waals surface area (Å²) in [5, 5.41) is 8.50. The first-order valence-corrected chi connectivity index (χ1v) is 9.85. The first-order chi connectivity index (χ1) is 12.6. The molecule has 0 radical (unpaired) electrons. The van der Waals surface area contributed by atoms with E-state index in [1.165, 1.54) is 5.56 Å². The zero-order valence-corrected chi connectivity index (χ0v) is 15.8. The zero-order chi connectivity index (χ0) is 18.1. The van der Waals surface area contributed by atoms with E-state index in [0.29, 0.717) is 0 Å². The van der Waals surface area contributed by atoms with Crippen LogP contribution < -0.4 is 0 Å². The molecule has 6 heteroatoms. The van der Waals surface area contributed by atoms with E-state index >= 15 is 0 Å². The molecule has 0 saturated carbocycles. The fourth-order valence-electron chi connectivity index (χ4n) is 3.49. The van der Waals surface area contributed by atoms with Gasteiger partial charge in [0.15, 0.2) is 11.5 Å². The van der Waals surface area contributed by atoms with Crippen molar-refractivity contribution in [2.24, 2.45) is 0 Å². The van der Waals surface area contributed by atoms with Crippen molar-refractivity contribution in [1.29, 1.82) is 0 Å². The summed E-state index contributed by atoms with van der Waals surface area (Å²) in [4.78, 5) is 16.2. The number of benzene rings is 1. The third-order valence-electron chi connectivity index (χ3n) is 4.86. The van der Waals surface area contributed by atoms with Crippen LogP contribution in [0.5, 0.6) is 0 Å². The molecule has 3 heterocycles. The Bertz CT molecular complexity index is 921. The third kappa shape index (κ3) is 3.21. The van der Waals surface area contributed by atoms with Crippen LogP contribution in [-0.2, 0) is 4.79 Å². The normalized spacial score (nSPS) is 18.4. The molecule has 1 aliphatic rings. The van der Waals surface area contributed by atoms with Gasteiger partial charge >= 0.3 is 0 Å². The van der Waals surface area contributed by atoms with Crippen molar-refractivity contribution in [3.63, 3.8) is 0 Å². The van der Waals surface area contributed by atoms with Crippen LogP contribution in [0, 0.1) is 6.92 Å². The van der Waals surface area contributed by atoms with Crippen LogP contribution in [0.25, 0.3) is 5.65 Å². The molecule has 0 bridgehead atoms. The number of hydrogen-bond donors (Lipinski definition) is 0. The number of likely N-dealkylation sites (tertiary alicyclic amines) is 1. The van der Waals surface area contributed by atoms with Crippen LogP contribution in [0.1, 0.15) is 37.2 Å². The number of carbonyl (C=O) groups is 1. The molecule has 1 aliphatic heterocycles. The van der Waals surface area contributed by atoms with Crippen molar-refractivity contribution in [2.45, 2.75) is 42.9 Å². The summed E-state index contributed by atoms with van der Waals surface area (Å²) in [5.41, 5.74) is 2.05. The summed E-state index contributed by atoms with van der Waals surface area (Å²) in [6.07, 6.45) is 3.90. The molecule has 0 aliphatic carbocycles. The van der Waals surface area contributed by atoms with Crippen LogP contribution in [0.3, 0.4) is 0 Å². The van der Waals surface area contributed by atoms with Crippen molar-refractivity contribution in [3.8, 4) is 0 Å². The van der Waals surface area contributed by atoms with Gasteiger partial charge in [0.2, 0.25) is 5.91 Å². The smallest absolute Gasteiger partial charge is 0.236 e. The Kier molecular flexibility index (Phi) is 4.68. The van der Waals surface area contributed by atoms with Gasteiger partial charge in [0.1, 0.15) is 0 Å². The molecule has 3 aromatic rings. The number of hydrogen-bond acceptors (Lipinski definition) is 4. The molecule has 134 valence electrons. The second kappa shape index (κ2) is 7.11. The quantitative estimate of drug-likeness (QED) is 0.658. The molecule has 0 spiro atoms. The topological polar surface area (TPSA) is 50.5 Å². The van der Waals surface area contributed by atoms with Crippen LogP contribution in [0.2, 0.25) is 0 Å². The zero-order valence-electron chi connectivity index (χ0n) is 15.0. The highest BCUT2D eigenvalue weighted by molar-refractivity contribution is 8.00. The van der Waals surface area contributed by atoms with E-state index in [9.17, 15) is 4.79 Å². The van der Waals surface area contributed by atoms with Crippen LogP contribution in [-0.4, -0.2) is 37.2 Å². The SMILES string of the molecule is Cc1ccc(SC(C)C(=O)N2CCCC2c2nnc3ccccn23)cc1. The lowest BCUT2D eigenvalue weighted by molar-refractivity contribution is -0.131. The van der Waals surface area contributed by atoms with Gasteiger partial charge in [0.25, 0.3) is 0 Å². The summed E-state index contributed by atoms with van der Waals surface area (Å²) in [5.74, 6) is 1.03. The minimum Gasteiger partial charge on any atom is -0.331 e. The molecule has 2 aromatic heterocycles. The molecule has 1 amide bonds. The van der Waals surface area contributed by atoms with E-state index < -0.39 is 0 Å². The van der Waals surface area contributed by atoms with Crippen LogP contribution in [0.4, 0.5) is 0 Å². The number of aryl methyl sites for hydroxylation is 1. The van der Waals surface area contributed by atoms with E-state index in [0.717, 1.165) is 35.8 Å². The first kappa shape index (κ1) is 17.1. The van der Waals surface area contributed by atoms with Crippen molar-refractivity contribution in [1.82, 2.24) is 19.5 Å². The molecule has 26 heavy (non-hydrogen) atoms. The van der Waals surface area contributed by atoms with Crippen molar-refractivity contribution >= 4 is 23.3 Å². The van der Waals surface area contributed by atoms with Gasteiger partial charge in [-0.3, -0.25) is 9.20 Å². The van der Waals surface area contributed by atoms with Gasteiger partial charge in [-0.1, -0.05) is 23.8 Å². The predicted octanol–water partition coefficient (Wildman–Crippen LogP) is 3.88. The monoisotopic (exact) mass is 366 g/mol. The molecule has 5 nitrogen and oxygen atoms in total. The highest BCUT2D eigenvalue weighted by Gasteiger charge is 2.35. The Hall–Kier alpha value is -2.34. The largest absolute Gasteiger partial charge is 0.331 e. The molecular formula is C20H22N4OS. The Balaban J connectivity index is 1.54. The Morgan fingerprint density at radius 3 is 2.81 bits per heavy atom. The summed E-state index contributed by atoms with van der Waals surface area (Å²) in [6.45, 7) is 4.84. The van der Waals surface area contributed by atoms with Crippen LogP contribution >= 0.6 is 11.8 Å². The fraction of sp³-hybridized carbons (Fsp3) is 0.350. The lowest BCUT2D eigenvalue weighted by Gasteiger charge is -2.26. The van der Waals surface area contributed by atoms with Crippen molar-refractivity contribution < 1.29 is 4.79 Å². The molecular weight excluding hydrogens is 344 g/mol. The molecule has 2 unspecified atom stereocenters. The van der Waals surface area contributed by atoms with E-state index in [2.05, 4.69) is 41.4 Å². The van der Waals surface area contributed by atoms with Crippen molar-refractivity contribution in [2.75, 3.05) is 6.54 Å². The Morgan fingerprint density at radius 2 is 2.00 bits per heavy atom. The van der Waals surface area contributed by atoms with Gasteiger partial charge in [-0.15, -0.1) is 22.0 Å². The van der Waals surface area contributed by atoms with E-state index in [1.54, 1.807) is 11.8 Å². The lowest BCUT2D eigenvalue weighted by atomic mass is 10.2. The minimum atomic E-state index is -0.127. The average molecular weight is 366 g/mol. The number of thioether (sulfide) groups is 1. The third-order valence-corrected chi connectivity index (χ3v) is 5.96. The summed E-state index contributed by atoms with van der Waals surface area (Å²) >= 11 is 1.62. The number of rotatable bonds is 4. The fourth-order valence-corrected chi connectivity index (χ4v) is 4.43. The summed E-state index contributed by atoms with van der Waals surface area (Å²) in [7, 11) is 0. The molecule has 4 rings (SSSR count). The number of nitrogens with zero attached hydrogens (tertiary/aromatic N) is 4. The van der Waals surface area contributed by atoms with Gasteiger partial charge in [-0.05, 0) is 51.0 Å². The first-order valence-electron chi connectivity index (χ1n) is 8.97. The van der Waals surface area contributed by atoms with E-state index in [1.807, 2.05) is 40.6 Å². The number of amides is 1. The van der Waals surface area contributed by atoms with Crippen molar-refractivity contribution in [3.05, 3.63) is 60.0 Å². The highest BCUT2D eigenvalue weighted by Crippen LogP contribution is 2.34. The molecule has 1 fully saturated rings. The van der Waals surface area contributed by atoms with E-state index in [-0.39, 0.29) is 17.2 Å². The molecule has 0 N–H and O–H groups in total. The molecule has 2 atom stereocenters. The summed E-state index contributed by atoms with van der Waals surface area (Å²) in [6, 6.07) is 14.2. The summed E-state index contributed by atoms with van der Waals surface area (Å²) < 4.78 is 1.99. The number of fused-ring (bicyclic) bond motifs is 1. The second-order valence-corrected chi connectivity index (χ2v) is 8.16. The lowest BCUT2D eigenvalue weighted by Crippen LogP contribution is -2.36. The molecule has 1 aromatic carbocycles. The van der Waals surface area contributed by atoms with Gasteiger partial charge in [0.05, 0.1) is 11.3 Å². The number of carbonyl (C=O) groups excluding carboxylic acids is 1. The number of pyridine rings is 1. The van der Waals surface area contributed by atoms with E-state index in [4.69, 9.17) is 0 Å². The molecule has 1 saturated heterocycles. The standard InChI is InChI=1S/C20H22N4OS/c1-14-8-10-16(11-9-14)26-15(2)20(25)23-13-5-6-17(23)19-22-21-18-7-3-4-12-24(18)19/h3-4,7-12,15,17H,5-6,13H2,1-2H3. The van der Waals surface area contributed by atoms with Gasteiger partial charge in [0, 0.05) is 17.6 Å². The average Bonchev–Trinajstić information content (AvgIpc) is 3.29. The van der Waals surface area contributed by atoms with Crippen LogP contribution in [0.15, 0.2) is 53.6 Å². The highest BCUT2D eigenvalue weighted by atomic mass is 32.2. The van der Waals surface area contributed by atoms with Gasteiger partial charge in [-0.25, -0.2) is 0 Å². The maximum atomic E-state index is 13.1. The Morgan fingerprint density at radius 1 is 1.19 bits per heavy atom. The maximum Gasteiger partial charge on any atom is 0.236 e. The minimum absolute atomic E-state index is 0.000896.